The van der Waals surface area contributed by atoms with E-state index in [0.29, 0.717) is 50.2 Å². The molecule has 0 radical (unpaired) electrons. The molecule has 9 nitrogen and oxygen atoms in total. The molecule has 1 N–H and O–H groups in total. The maximum absolute atomic E-state index is 13.7. The highest BCUT2D eigenvalue weighted by molar-refractivity contribution is 5.95. The summed E-state index contributed by atoms with van der Waals surface area (Å²) in [4.78, 5) is 40.6. The van der Waals surface area contributed by atoms with Gasteiger partial charge in [-0.2, -0.15) is 0 Å². The quantitative estimate of drug-likeness (QED) is 0.630. The number of benzene rings is 2. The molecule has 0 bridgehead atoms. The lowest BCUT2D eigenvalue weighted by atomic mass is 9.82. The molecule has 0 aliphatic carbocycles. The van der Waals surface area contributed by atoms with Crippen molar-refractivity contribution in [1.82, 2.24) is 14.7 Å². The molecular formula is C30H37N3O6. The van der Waals surface area contributed by atoms with Crippen LogP contribution in [0.25, 0.3) is 0 Å². The number of carbonyl (C=O) groups is 3. The molecule has 39 heavy (non-hydrogen) atoms. The number of aliphatic hydroxyl groups is 1. The highest BCUT2D eigenvalue weighted by Gasteiger charge is 2.55. The maximum Gasteiger partial charge on any atom is 0.325 e. The van der Waals surface area contributed by atoms with Gasteiger partial charge < -0.3 is 29.2 Å². The maximum atomic E-state index is 13.7. The second-order valence-corrected chi connectivity index (χ2v) is 10.2. The van der Waals surface area contributed by atoms with Crippen molar-refractivity contribution in [3.8, 4) is 11.5 Å². The summed E-state index contributed by atoms with van der Waals surface area (Å²) in [6, 6.07) is 9.67. The molecule has 2 aromatic carbocycles. The average Bonchev–Trinajstić information content (AvgIpc) is 3.06. The molecule has 1 spiro atoms. The van der Waals surface area contributed by atoms with E-state index in [1.54, 1.807) is 14.2 Å². The molecule has 0 unspecified atom stereocenters. The van der Waals surface area contributed by atoms with Crippen molar-refractivity contribution < 1.29 is 29.0 Å². The molecule has 3 amide bonds. The fourth-order valence-electron chi connectivity index (χ4n) is 6.29. The third kappa shape index (κ3) is 4.98. The Labute approximate surface area is 229 Å². The van der Waals surface area contributed by atoms with Crippen LogP contribution in [0.2, 0.25) is 0 Å². The Kier molecular flexibility index (Phi) is 8.30. The third-order valence-corrected chi connectivity index (χ3v) is 7.97. The number of rotatable bonds is 5. The molecule has 3 aliphatic rings. The van der Waals surface area contributed by atoms with Crippen LogP contribution in [-0.2, 0) is 17.8 Å². The number of fused-ring (bicyclic) bond motifs is 3. The highest BCUT2D eigenvalue weighted by Crippen LogP contribution is 2.47. The van der Waals surface area contributed by atoms with E-state index in [-0.39, 0.29) is 25.1 Å². The van der Waals surface area contributed by atoms with Gasteiger partial charge in [-0.05, 0) is 56.9 Å². The van der Waals surface area contributed by atoms with Crippen molar-refractivity contribution >= 4 is 18.7 Å². The van der Waals surface area contributed by atoms with Gasteiger partial charge in [0.1, 0.15) is 18.3 Å². The van der Waals surface area contributed by atoms with Crippen LogP contribution in [-0.4, -0.2) is 84.5 Å². The number of aliphatic hydroxyl groups excluding tert-OH is 1. The lowest BCUT2D eigenvalue weighted by Gasteiger charge is -2.44. The third-order valence-electron chi connectivity index (χ3n) is 7.97. The van der Waals surface area contributed by atoms with Crippen LogP contribution in [0.5, 0.6) is 11.5 Å². The normalized spacial score (nSPS) is 17.5. The van der Waals surface area contributed by atoms with Crippen LogP contribution in [0, 0.1) is 13.8 Å². The molecule has 3 heterocycles. The van der Waals surface area contributed by atoms with Gasteiger partial charge in [0, 0.05) is 42.5 Å². The minimum atomic E-state index is -0.557. The Morgan fingerprint density at radius 2 is 1.69 bits per heavy atom. The van der Waals surface area contributed by atoms with E-state index in [2.05, 4.69) is 12.1 Å². The Bertz CT molecular complexity index is 1260. The van der Waals surface area contributed by atoms with Crippen molar-refractivity contribution in [2.24, 2.45) is 0 Å². The number of urea groups is 1. The van der Waals surface area contributed by atoms with Gasteiger partial charge in [-0.3, -0.25) is 9.69 Å². The standard InChI is InChI=1S/C29H35N3O5.CH2O/c1-19-13-20(2)15-21(14-19)27(34)30-9-7-29(8-10-30)26-6-5-24-22(16-23(36-3)17-25(24)37-4)18-31(26)28(35)32(29)11-12-33;1-2/h6,13-17,33H,5,7-12,18H2,1-4H3;1H2. The second-order valence-electron chi connectivity index (χ2n) is 10.2. The molecular weight excluding hydrogens is 498 g/mol. The van der Waals surface area contributed by atoms with Gasteiger partial charge in [-0.15, -0.1) is 0 Å². The Hall–Kier alpha value is -3.85. The first-order valence-electron chi connectivity index (χ1n) is 13.1. The molecule has 2 saturated heterocycles. The van der Waals surface area contributed by atoms with Crippen LogP contribution < -0.4 is 9.47 Å². The van der Waals surface area contributed by atoms with Gasteiger partial charge in [0.05, 0.1) is 32.9 Å². The molecule has 2 fully saturated rings. The largest absolute Gasteiger partial charge is 0.497 e. The molecule has 0 saturated carbocycles. The molecule has 9 heteroatoms. The van der Waals surface area contributed by atoms with Crippen molar-refractivity contribution in [2.75, 3.05) is 40.5 Å². The zero-order valence-electron chi connectivity index (χ0n) is 23.2. The number of likely N-dealkylation sites (tertiary alicyclic amines) is 1. The zero-order valence-corrected chi connectivity index (χ0v) is 23.2. The van der Waals surface area contributed by atoms with Gasteiger partial charge in [0.15, 0.2) is 0 Å². The summed E-state index contributed by atoms with van der Waals surface area (Å²) in [5.41, 5.74) is 5.27. The fourth-order valence-corrected chi connectivity index (χ4v) is 6.29. The zero-order chi connectivity index (χ0) is 28.3. The van der Waals surface area contributed by atoms with Crippen LogP contribution in [0.4, 0.5) is 4.79 Å². The van der Waals surface area contributed by atoms with E-state index in [1.807, 2.05) is 59.6 Å². The van der Waals surface area contributed by atoms with Crippen LogP contribution in [0.3, 0.4) is 0 Å². The predicted molar refractivity (Wildman–Crippen MR) is 147 cm³/mol. The lowest BCUT2D eigenvalue weighted by Crippen LogP contribution is -2.55. The molecule has 2 aromatic rings. The van der Waals surface area contributed by atoms with Crippen molar-refractivity contribution in [3.05, 3.63) is 69.9 Å². The molecule has 0 atom stereocenters. The van der Waals surface area contributed by atoms with Crippen molar-refractivity contribution in [1.29, 1.82) is 0 Å². The van der Waals surface area contributed by atoms with E-state index in [0.717, 1.165) is 33.7 Å². The first-order chi connectivity index (χ1) is 18.8. The highest BCUT2D eigenvalue weighted by atomic mass is 16.5. The molecule has 5 rings (SSSR count). The SMILES string of the molecule is C=O.COc1cc2c(c(OC)c1)CC=C1N(C2)C(=O)N(CCO)C12CCN(C(=O)c1cc(C)cc(C)c1)CC2. The number of methoxy groups -OCH3 is 2. The number of nitrogens with zero attached hydrogens (tertiary/aromatic N) is 3. The number of β-amino-alcohol motifs (C(OH)–C–C–N with tert-alkyl or cyclic N) is 1. The van der Waals surface area contributed by atoms with E-state index < -0.39 is 5.54 Å². The van der Waals surface area contributed by atoms with Gasteiger partial charge in [-0.25, -0.2) is 4.79 Å². The fraction of sp³-hybridized carbons (Fsp3) is 0.433. The monoisotopic (exact) mass is 535 g/mol. The van der Waals surface area contributed by atoms with Gasteiger partial charge in [-0.1, -0.05) is 23.3 Å². The summed E-state index contributed by atoms with van der Waals surface area (Å²) in [5.74, 6) is 1.46. The number of carbonyl (C=O) groups excluding carboxylic acids is 3. The predicted octanol–water partition coefficient (Wildman–Crippen LogP) is 3.48. The Morgan fingerprint density at radius 1 is 1.03 bits per heavy atom. The summed E-state index contributed by atoms with van der Waals surface area (Å²) in [5, 5.41) is 9.85. The first-order valence-corrected chi connectivity index (χ1v) is 13.1. The minimum absolute atomic E-state index is 0.0237. The number of amides is 3. The van der Waals surface area contributed by atoms with Crippen LogP contribution in [0.1, 0.15) is 45.5 Å². The van der Waals surface area contributed by atoms with E-state index in [1.165, 1.54) is 0 Å². The number of allylic oxidation sites excluding steroid dienone is 1. The minimum Gasteiger partial charge on any atom is -0.497 e. The van der Waals surface area contributed by atoms with Crippen molar-refractivity contribution in [3.63, 3.8) is 0 Å². The first kappa shape index (κ1) is 28.2. The summed E-state index contributed by atoms with van der Waals surface area (Å²) in [6.07, 6.45) is 4.00. The van der Waals surface area contributed by atoms with E-state index in [9.17, 15) is 14.7 Å². The number of piperidine rings is 1. The number of aryl methyl sites for hydroxylation is 2. The number of ether oxygens (including phenoxy) is 2. The van der Waals surface area contributed by atoms with Crippen LogP contribution in [0.15, 0.2) is 42.1 Å². The molecule has 3 aliphatic heterocycles. The smallest absolute Gasteiger partial charge is 0.325 e. The van der Waals surface area contributed by atoms with Gasteiger partial charge in [0.2, 0.25) is 0 Å². The van der Waals surface area contributed by atoms with E-state index >= 15 is 0 Å². The average molecular weight is 536 g/mol. The van der Waals surface area contributed by atoms with Crippen molar-refractivity contribution in [2.45, 2.75) is 45.2 Å². The summed E-state index contributed by atoms with van der Waals surface area (Å²) in [7, 11) is 3.26. The van der Waals surface area contributed by atoms with Gasteiger partial charge >= 0.3 is 6.03 Å². The second kappa shape index (κ2) is 11.5. The lowest BCUT2D eigenvalue weighted by molar-refractivity contribution is -0.0980. The Morgan fingerprint density at radius 3 is 2.28 bits per heavy atom. The van der Waals surface area contributed by atoms with E-state index in [4.69, 9.17) is 14.3 Å². The summed E-state index contributed by atoms with van der Waals surface area (Å²) in [6.45, 7) is 7.63. The topological polar surface area (TPSA) is 99.6 Å². The van der Waals surface area contributed by atoms with Gasteiger partial charge in [0.25, 0.3) is 5.91 Å². The Balaban J connectivity index is 0.00000172. The number of hydrogen-bond acceptors (Lipinski definition) is 6. The summed E-state index contributed by atoms with van der Waals surface area (Å²) < 4.78 is 11.1. The van der Waals surface area contributed by atoms with Crippen LogP contribution >= 0.6 is 0 Å². The summed E-state index contributed by atoms with van der Waals surface area (Å²) >= 11 is 0. The molecule has 0 aromatic heterocycles. The number of hydrogen-bond donors (Lipinski definition) is 1. The molecule has 208 valence electrons.